The second-order valence-corrected chi connectivity index (χ2v) is 9.52. The van der Waals surface area contributed by atoms with Crippen LogP contribution in [0.2, 0.25) is 0 Å². The number of Topliss-reactive ketones (excluding diaryl/α,β-unsaturated/α-hetero) is 1. The van der Waals surface area contributed by atoms with Crippen LogP contribution in [0.4, 0.5) is 0 Å². The van der Waals surface area contributed by atoms with E-state index >= 15 is 0 Å². The van der Waals surface area contributed by atoms with Crippen molar-refractivity contribution >= 4 is 46.1 Å². The lowest BCUT2D eigenvalue weighted by atomic mass is 10.0. The number of thiocarbonyl (C=S) groups is 1. The van der Waals surface area contributed by atoms with Crippen molar-refractivity contribution in [1.82, 2.24) is 9.47 Å². The van der Waals surface area contributed by atoms with Gasteiger partial charge in [-0.05, 0) is 44.4 Å². The number of hydrogen-bond donors (Lipinski definition) is 1. The summed E-state index contributed by atoms with van der Waals surface area (Å²) in [5, 5.41) is 20.3. The zero-order valence-corrected chi connectivity index (χ0v) is 20.3. The Morgan fingerprint density at radius 2 is 1.91 bits per heavy atom. The number of amides is 1. The first-order valence-electron chi connectivity index (χ1n) is 10.3. The molecule has 3 rings (SSSR count). The van der Waals surface area contributed by atoms with Gasteiger partial charge in [0, 0.05) is 6.04 Å². The van der Waals surface area contributed by atoms with Crippen LogP contribution in [-0.4, -0.2) is 37.1 Å². The van der Waals surface area contributed by atoms with Crippen molar-refractivity contribution in [3.05, 3.63) is 67.3 Å². The number of nitriles is 1. The van der Waals surface area contributed by atoms with Gasteiger partial charge in [-0.15, -0.1) is 0 Å². The Morgan fingerprint density at radius 3 is 2.48 bits per heavy atom. The summed E-state index contributed by atoms with van der Waals surface area (Å²) < 4.78 is 1.28. The minimum atomic E-state index is -0.648. The summed E-state index contributed by atoms with van der Waals surface area (Å²) in [4.78, 5) is 40.4. The molecule has 1 unspecified atom stereocenters. The van der Waals surface area contributed by atoms with Crippen molar-refractivity contribution in [1.29, 1.82) is 5.26 Å². The predicted molar refractivity (Wildman–Crippen MR) is 132 cm³/mol. The van der Waals surface area contributed by atoms with E-state index in [1.807, 2.05) is 44.2 Å². The standard InChI is InChI=1S/C24H23N3O4S2/c1-5-14(3)27-21(29)17(11-25)15(4)20(23(27)31)18(28)12-26-22(30)19(33-24(26)32)10-16-8-6-13(2)7-9-16/h6-10,14,31H,5,12H2,1-4H3/b19-10-. The van der Waals surface area contributed by atoms with Crippen LogP contribution in [0.15, 0.2) is 34.0 Å². The number of thioether (sulfide) groups is 1. The van der Waals surface area contributed by atoms with Gasteiger partial charge in [-0.2, -0.15) is 5.26 Å². The Hall–Kier alpha value is -3.22. The Kier molecular flexibility index (Phi) is 7.20. The number of hydrogen-bond acceptors (Lipinski definition) is 7. The smallest absolute Gasteiger partial charge is 0.271 e. The molecule has 0 spiro atoms. The maximum Gasteiger partial charge on any atom is 0.271 e. The maximum absolute atomic E-state index is 13.2. The molecule has 0 bridgehead atoms. The summed E-state index contributed by atoms with van der Waals surface area (Å²) in [5.41, 5.74) is 1.01. The molecule has 9 heteroatoms. The number of ketones is 1. The fourth-order valence-electron chi connectivity index (χ4n) is 3.52. The first-order chi connectivity index (χ1) is 15.6. The van der Waals surface area contributed by atoms with Gasteiger partial charge in [0.2, 0.25) is 5.88 Å². The molecule has 1 aliphatic rings. The minimum absolute atomic E-state index is 0.0881. The molecule has 7 nitrogen and oxygen atoms in total. The van der Waals surface area contributed by atoms with Gasteiger partial charge in [-0.1, -0.05) is 60.7 Å². The van der Waals surface area contributed by atoms with E-state index in [0.717, 1.165) is 27.5 Å². The second kappa shape index (κ2) is 9.73. The van der Waals surface area contributed by atoms with Gasteiger partial charge in [-0.25, -0.2) is 0 Å². The van der Waals surface area contributed by atoms with E-state index < -0.39 is 35.7 Å². The summed E-state index contributed by atoms with van der Waals surface area (Å²) in [7, 11) is 0. The molecule has 170 valence electrons. The monoisotopic (exact) mass is 481 g/mol. The molecule has 0 aliphatic carbocycles. The number of carbonyl (C=O) groups is 2. The number of aromatic nitrogens is 1. The lowest BCUT2D eigenvalue weighted by molar-refractivity contribution is -0.121. The summed E-state index contributed by atoms with van der Waals surface area (Å²) in [6.45, 7) is 6.53. The molecule has 1 aromatic carbocycles. The number of aromatic hydroxyl groups is 1. The third kappa shape index (κ3) is 4.63. The van der Waals surface area contributed by atoms with Crippen LogP contribution in [0.5, 0.6) is 5.88 Å². The van der Waals surface area contributed by atoms with Gasteiger partial charge in [0.15, 0.2) is 5.78 Å². The van der Waals surface area contributed by atoms with Crippen LogP contribution in [0.1, 0.15) is 58.9 Å². The van der Waals surface area contributed by atoms with Crippen molar-refractivity contribution < 1.29 is 14.7 Å². The third-order valence-electron chi connectivity index (χ3n) is 5.61. The summed E-state index contributed by atoms with van der Waals surface area (Å²) in [6.07, 6.45) is 2.22. The highest BCUT2D eigenvalue weighted by Crippen LogP contribution is 2.33. The molecule has 33 heavy (non-hydrogen) atoms. The fourth-order valence-corrected chi connectivity index (χ4v) is 4.78. The average Bonchev–Trinajstić information content (AvgIpc) is 3.02. The van der Waals surface area contributed by atoms with Crippen molar-refractivity contribution in [2.45, 2.75) is 40.2 Å². The van der Waals surface area contributed by atoms with Gasteiger partial charge in [0.25, 0.3) is 11.5 Å². The number of nitrogens with zero attached hydrogens (tertiary/aromatic N) is 3. The lowest BCUT2D eigenvalue weighted by Crippen LogP contribution is -2.35. The van der Waals surface area contributed by atoms with Gasteiger partial charge in [0.1, 0.15) is 16.0 Å². The summed E-state index contributed by atoms with van der Waals surface area (Å²) in [5.74, 6) is -1.52. The number of aryl methyl sites for hydroxylation is 1. The largest absolute Gasteiger partial charge is 0.494 e. The molecule has 0 radical (unpaired) electrons. The van der Waals surface area contributed by atoms with Crippen molar-refractivity contribution in [3.8, 4) is 11.9 Å². The van der Waals surface area contributed by atoms with Gasteiger partial charge in [-0.3, -0.25) is 23.9 Å². The van der Waals surface area contributed by atoms with E-state index in [0.29, 0.717) is 11.3 Å². The quantitative estimate of drug-likeness (QED) is 0.376. The molecular weight excluding hydrogens is 458 g/mol. The molecule has 1 aliphatic heterocycles. The molecule has 2 heterocycles. The first-order valence-corrected chi connectivity index (χ1v) is 11.6. The van der Waals surface area contributed by atoms with Crippen LogP contribution < -0.4 is 5.56 Å². The molecule has 1 saturated heterocycles. The first kappa shape index (κ1) is 24.4. The predicted octanol–water partition coefficient (Wildman–Crippen LogP) is 4.10. The van der Waals surface area contributed by atoms with Gasteiger partial charge < -0.3 is 5.11 Å². The number of pyridine rings is 1. The summed E-state index contributed by atoms with van der Waals surface area (Å²) in [6, 6.07) is 9.05. The van der Waals surface area contributed by atoms with E-state index in [4.69, 9.17) is 12.2 Å². The van der Waals surface area contributed by atoms with Crippen LogP contribution in [0.3, 0.4) is 0 Å². The van der Waals surface area contributed by atoms with Gasteiger partial charge in [0.05, 0.1) is 17.0 Å². The lowest BCUT2D eigenvalue weighted by Gasteiger charge is -2.21. The van der Waals surface area contributed by atoms with E-state index in [9.17, 15) is 24.8 Å². The Labute approximate surface area is 201 Å². The highest BCUT2D eigenvalue weighted by atomic mass is 32.2. The van der Waals surface area contributed by atoms with Crippen LogP contribution in [0.25, 0.3) is 6.08 Å². The third-order valence-corrected chi connectivity index (χ3v) is 6.98. The van der Waals surface area contributed by atoms with E-state index in [-0.39, 0.29) is 21.0 Å². The van der Waals surface area contributed by atoms with E-state index in [1.54, 1.807) is 13.0 Å². The molecule has 0 saturated carbocycles. The number of carbonyl (C=O) groups excluding carboxylic acids is 2. The Morgan fingerprint density at radius 1 is 1.27 bits per heavy atom. The van der Waals surface area contributed by atoms with Crippen molar-refractivity contribution in [2.75, 3.05) is 6.54 Å². The zero-order valence-electron chi connectivity index (χ0n) is 18.7. The van der Waals surface area contributed by atoms with Crippen molar-refractivity contribution in [3.63, 3.8) is 0 Å². The second-order valence-electron chi connectivity index (χ2n) is 7.84. The van der Waals surface area contributed by atoms with Crippen LogP contribution in [-0.2, 0) is 4.79 Å². The molecule has 2 aromatic rings. The molecular formula is C24H23N3O4S2. The fraction of sp³-hybridized carbons (Fsp3) is 0.292. The maximum atomic E-state index is 13.2. The van der Waals surface area contributed by atoms with Crippen LogP contribution in [0, 0.1) is 25.2 Å². The van der Waals surface area contributed by atoms with Crippen LogP contribution >= 0.6 is 24.0 Å². The number of benzene rings is 1. The van der Waals surface area contributed by atoms with Gasteiger partial charge >= 0.3 is 0 Å². The normalized spacial score (nSPS) is 15.7. The molecule has 1 amide bonds. The highest BCUT2D eigenvalue weighted by molar-refractivity contribution is 8.26. The number of rotatable bonds is 6. The van der Waals surface area contributed by atoms with E-state index in [2.05, 4.69) is 0 Å². The summed E-state index contributed by atoms with van der Waals surface area (Å²) >= 11 is 6.42. The molecule has 1 atom stereocenters. The average molecular weight is 482 g/mol. The minimum Gasteiger partial charge on any atom is -0.494 e. The van der Waals surface area contributed by atoms with E-state index in [1.165, 1.54) is 11.8 Å². The SMILES string of the molecule is CCC(C)n1c(O)c(C(=O)CN2C(=O)/C(=C/c3ccc(C)cc3)SC2=S)c(C)c(C#N)c1=O. The Balaban J connectivity index is 1.97. The topological polar surface area (TPSA) is 103 Å². The molecule has 1 N–H and O–H groups in total. The zero-order chi connectivity index (χ0) is 24.4. The highest BCUT2D eigenvalue weighted by Gasteiger charge is 2.35. The van der Waals surface area contributed by atoms with Crippen molar-refractivity contribution in [2.24, 2.45) is 0 Å². The molecule has 1 fully saturated rings. The Bertz CT molecular complexity index is 1290. The molecule has 1 aromatic heterocycles.